The Bertz CT molecular complexity index is 151. The van der Waals surface area contributed by atoms with Crippen LogP contribution in [0.25, 0.3) is 0 Å². The van der Waals surface area contributed by atoms with Crippen molar-refractivity contribution in [2.45, 2.75) is 12.5 Å². The molecule has 10 heavy (non-hydrogen) atoms. The number of hydrogen-bond donors (Lipinski definition) is 3. The molecule has 58 valence electrons. The molecule has 1 fully saturated rings. The Hall–Kier alpha value is -0.390. The van der Waals surface area contributed by atoms with Crippen LogP contribution < -0.4 is 11.3 Å². The fourth-order valence-electron chi connectivity index (χ4n) is 1.01. The van der Waals surface area contributed by atoms with E-state index in [1.54, 1.807) is 11.8 Å². The van der Waals surface area contributed by atoms with Crippen molar-refractivity contribution in [1.82, 2.24) is 10.3 Å². The largest absolute Gasteiger partial charge is 0.386 e. The van der Waals surface area contributed by atoms with Gasteiger partial charge in [0.2, 0.25) is 0 Å². The van der Waals surface area contributed by atoms with E-state index in [1.165, 1.54) is 0 Å². The van der Waals surface area contributed by atoms with Gasteiger partial charge in [0, 0.05) is 0 Å². The summed E-state index contributed by atoms with van der Waals surface area (Å²) in [6, 6.07) is 0. The number of aliphatic hydroxyl groups is 1. The van der Waals surface area contributed by atoms with Gasteiger partial charge in [-0.05, 0) is 19.1 Å². The number of rotatable bonds is 0. The molecule has 0 aliphatic carbocycles. The van der Waals surface area contributed by atoms with Crippen LogP contribution >= 0.6 is 12.2 Å². The summed E-state index contributed by atoms with van der Waals surface area (Å²) >= 11 is 4.81. The lowest BCUT2D eigenvalue weighted by atomic mass is 9.98. The smallest absolute Gasteiger partial charge is 0.183 e. The molecule has 0 atom stereocenters. The number of nitrogens with one attached hydrogen (secondary N) is 1. The Kier molecular flexibility index (Phi) is 1.80. The molecule has 0 amide bonds. The summed E-state index contributed by atoms with van der Waals surface area (Å²) in [6.45, 7) is 2.90. The maximum Gasteiger partial charge on any atom is 0.183 e. The second-order valence-electron chi connectivity index (χ2n) is 2.80. The molecule has 1 saturated heterocycles. The van der Waals surface area contributed by atoms with Crippen LogP contribution in [0.5, 0.6) is 0 Å². The first-order valence-corrected chi connectivity index (χ1v) is 3.44. The van der Waals surface area contributed by atoms with Crippen LogP contribution in [0.3, 0.4) is 0 Å². The molecule has 1 heterocycles. The Morgan fingerprint density at radius 2 is 2.30 bits per heavy atom. The molecule has 0 bridgehead atoms. The molecular weight excluding hydrogens is 150 g/mol. The van der Waals surface area contributed by atoms with E-state index >= 15 is 0 Å². The lowest BCUT2D eigenvalue weighted by Crippen LogP contribution is -2.64. The van der Waals surface area contributed by atoms with Crippen LogP contribution in [0.2, 0.25) is 0 Å². The summed E-state index contributed by atoms with van der Waals surface area (Å²) in [6.07, 6.45) is 0. The molecule has 0 spiro atoms. The van der Waals surface area contributed by atoms with E-state index in [9.17, 15) is 5.11 Å². The van der Waals surface area contributed by atoms with Crippen LogP contribution in [0.4, 0.5) is 0 Å². The van der Waals surface area contributed by atoms with Crippen LogP contribution in [-0.2, 0) is 0 Å². The highest BCUT2D eigenvalue weighted by molar-refractivity contribution is 7.80. The number of nitrogens with zero attached hydrogens (tertiary/aromatic N) is 1. The second-order valence-corrected chi connectivity index (χ2v) is 3.19. The number of thiocarbonyl (C=S) groups is 1. The van der Waals surface area contributed by atoms with E-state index in [2.05, 4.69) is 5.43 Å². The number of nitrogens with two attached hydrogens (primary N) is 1. The van der Waals surface area contributed by atoms with Crippen molar-refractivity contribution >= 4 is 17.3 Å². The molecule has 0 unspecified atom stereocenters. The SMILES string of the molecule is CC1(O)CN(C(=S)NN)C1. The molecule has 0 saturated carbocycles. The van der Waals surface area contributed by atoms with Gasteiger partial charge in [0.1, 0.15) is 0 Å². The Labute approximate surface area is 65.0 Å². The quantitative estimate of drug-likeness (QED) is 0.237. The third-order valence-electron chi connectivity index (χ3n) is 1.47. The minimum absolute atomic E-state index is 0.492. The van der Waals surface area contributed by atoms with E-state index < -0.39 is 5.60 Å². The summed E-state index contributed by atoms with van der Waals surface area (Å²) in [5.41, 5.74) is 1.77. The van der Waals surface area contributed by atoms with Crippen molar-refractivity contribution < 1.29 is 5.11 Å². The molecule has 5 heteroatoms. The van der Waals surface area contributed by atoms with Gasteiger partial charge in [0.25, 0.3) is 0 Å². The van der Waals surface area contributed by atoms with Crippen LogP contribution in [-0.4, -0.2) is 33.8 Å². The molecule has 1 rings (SSSR count). The van der Waals surface area contributed by atoms with Gasteiger partial charge in [-0.3, -0.25) is 0 Å². The van der Waals surface area contributed by atoms with Crippen molar-refractivity contribution in [1.29, 1.82) is 0 Å². The fourth-order valence-corrected chi connectivity index (χ4v) is 1.14. The Balaban J connectivity index is 2.33. The minimum Gasteiger partial charge on any atom is -0.386 e. The zero-order chi connectivity index (χ0) is 7.78. The van der Waals surface area contributed by atoms with Crippen LogP contribution in [0.1, 0.15) is 6.92 Å². The summed E-state index contributed by atoms with van der Waals surface area (Å²) in [7, 11) is 0. The number of β-amino-alcohol motifs (C(OH)–C–C–N with tert-alkyl or cyclic N) is 1. The van der Waals surface area contributed by atoms with Crippen molar-refractivity contribution in [2.75, 3.05) is 13.1 Å². The maximum absolute atomic E-state index is 9.26. The lowest BCUT2D eigenvalue weighted by molar-refractivity contribution is -0.0499. The summed E-state index contributed by atoms with van der Waals surface area (Å²) < 4.78 is 0. The van der Waals surface area contributed by atoms with Gasteiger partial charge < -0.3 is 15.4 Å². The zero-order valence-corrected chi connectivity index (χ0v) is 6.61. The average Bonchev–Trinajstić information content (AvgIpc) is 1.81. The van der Waals surface area contributed by atoms with E-state index in [1.807, 2.05) is 0 Å². The third kappa shape index (κ3) is 1.36. The number of hydrazine groups is 1. The molecule has 0 aromatic rings. The predicted octanol–water partition coefficient (Wildman–Crippen LogP) is -1.20. The van der Waals surface area contributed by atoms with Crippen LogP contribution in [0, 0.1) is 0 Å². The van der Waals surface area contributed by atoms with E-state index in [0.717, 1.165) is 0 Å². The molecular formula is C5H11N3OS. The van der Waals surface area contributed by atoms with Crippen molar-refractivity contribution in [3.8, 4) is 0 Å². The zero-order valence-electron chi connectivity index (χ0n) is 5.79. The van der Waals surface area contributed by atoms with Gasteiger partial charge in [0.05, 0.1) is 18.7 Å². The molecule has 4 N–H and O–H groups in total. The first kappa shape index (κ1) is 7.71. The van der Waals surface area contributed by atoms with Gasteiger partial charge in [-0.15, -0.1) is 0 Å². The predicted molar refractivity (Wildman–Crippen MR) is 42.1 cm³/mol. The van der Waals surface area contributed by atoms with Gasteiger partial charge >= 0.3 is 0 Å². The average molecular weight is 161 g/mol. The highest BCUT2D eigenvalue weighted by Gasteiger charge is 2.37. The van der Waals surface area contributed by atoms with Gasteiger partial charge in [0.15, 0.2) is 5.11 Å². The summed E-state index contributed by atoms with van der Waals surface area (Å²) in [5, 5.41) is 9.75. The summed E-state index contributed by atoms with van der Waals surface area (Å²) in [4.78, 5) is 1.80. The molecule has 0 radical (unpaired) electrons. The molecule has 1 aliphatic heterocycles. The van der Waals surface area contributed by atoms with Gasteiger partial charge in [-0.2, -0.15) is 0 Å². The molecule has 1 aliphatic rings. The van der Waals surface area contributed by atoms with Gasteiger partial charge in [-0.25, -0.2) is 5.84 Å². The maximum atomic E-state index is 9.26. The minimum atomic E-state index is -0.582. The van der Waals surface area contributed by atoms with E-state index in [0.29, 0.717) is 18.2 Å². The molecule has 4 nitrogen and oxygen atoms in total. The fraction of sp³-hybridized carbons (Fsp3) is 0.800. The number of hydrogen-bond acceptors (Lipinski definition) is 3. The van der Waals surface area contributed by atoms with Crippen molar-refractivity contribution in [3.05, 3.63) is 0 Å². The first-order chi connectivity index (χ1) is 4.55. The standard InChI is InChI=1S/C5H11N3OS/c1-5(9)2-8(3-5)4(10)7-6/h9H,2-3,6H2,1H3,(H,7,10). The molecule has 0 aromatic carbocycles. The van der Waals surface area contributed by atoms with E-state index in [-0.39, 0.29) is 0 Å². The van der Waals surface area contributed by atoms with Crippen molar-refractivity contribution in [2.24, 2.45) is 5.84 Å². The first-order valence-electron chi connectivity index (χ1n) is 3.03. The van der Waals surface area contributed by atoms with Crippen LogP contribution in [0.15, 0.2) is 0 Å². The Morgan fingerprint density at radius 1 is 1.80 bits per heavy atom. The second kappa shape index (κ2) is 2.34. The number of likely N-dealkylation sites (tertiary alicyclic amines) is 1. The normalized spacial score (nSPS) is 21.7. The van der Waals surface area contributed by atoms with Gasteiger partial charge in [-0.1, -0.05) is 0 Å². The highest BCUT2D eigenvalue weighted by atomic mass is 32.1. The topological polar surface area (TPSA) is 61.5 Å². The van der Waals surface area contributed by atoms with Crippen molar-refractivity contribution in [3.63, 3.8) is 0 Å². The monoisotopic (exact) mass is 161 g/mol. The Morgan fingerprint density at radius 3 is 2.60 bits per heavy atom. The lowest BCUT2D eigenvalue weighted by Gasteiger charge is -2.45. The third-order valence-corrected chi connectivity index (χ3v) is 1.85. The summed E-state index contributed by atoms with van der Waals surface area (Å²) in [5.74, 6) is 5.06. The van der Waals surface area contributed by atoms with E-state index in [4.69, 9.17) is 18.1 Å². The molecule has 0 aromatic heterocycles. The highest BCUT2D eigenvalue weighted by Crippen LogP contribution is 2.18.